The lowest BCUT2D eigenvalue weighted by Crippen LogP contribution is -2.58. The van der Waals surface area contributed by atoms with E-state index in [0.717, 1.165) is 27.8 Å². The molecule has 1 aliphatic heterocycles. The number of halogens is 1. The van der Waals surface area contributed by atoms with Gasteiger partial charge in [0.2, 0.25) is 0 Å². The quantitative estimate of drug-likeness (QED) is 0.0661. The summed E-state index contributed by atoms with van der Waals surface area (Å²) in [5, 5.41) is 20.4. The zero-order chi connectivity index (χ0) is 37.8. The molecular weight excluding hydrogens is 764 g/mol. The Morgan fingerprint density at radius 3 is 1.60 bits per heavy atom. The molecule has 1 saturated heterocycles. The van der Waals surface area contributed by atoms with Crippen LogP contribution in [0.25, 0.3) is 0 Å². The van der Waals surface area contributed by atoms with Crippen LogP contribution in [-0.2, 0) is 56.7 Å². The first kappa shape index (κ1) is 38.2. The van der Waals surface area contributed by atoms with E-state index >= 15 is 0 Å². The van der Waals surface area contributed by atoms with E-state index in [-0.39, 0.29) is 18.9 Å². The minimum absolute atomic E-state index is 0.0159. The fourth-order valence-corrected chi connectivity index (χ4v) is 7.00. The monoisotopic (exact) mass is 804 g/mol. The van der Waals surface area contributed by atoms with Crippen molar-refractivity contribution in [2.45, 2.75) is 63.5 Å². The van der Waals surface area contributed by atoms with Gasteiger partial charge in [-0.2, -0.15) is 0 Å². The van der Waals surface area contributed by atoms with Gasteiger partial charge in [-0.3, -0.25) is 10.1 Å². The number of benzene rings is 5. The van der Waals surface area contributed by atoms with E-state index < -0.39 is 35.4 Å². The molecule has 1 aromatic heterocycles. The zero-order valence-electron chi connectivity index (χ0n) is 30.0. The van der Waals surface area contributed by atoms with Crippen molar-refractivity contribution in [1.82, 2.24) is 15.0 Å². The molecule has 3 unspecified atom stereocenters. The molecule has 5 aromatic carbocycles. The summed E-state index contributed by atoms with van der Waals surface area (Å²) in [5.41, 5.74) is 5.38. The van der Waals surface area contributed by atoms with Gasteiger partial charge < -0.3 is 23.7 Å². The SMILES string of the molecule is O=[N+]([O-])c1ccc(Cn2nnc([C@@H]3OC(COCc4ccccc4)[C@@H](OCc4ccccc4)C(OCc4ccccc4)C3OCc3ccccc3)c2Br)cc1. The van der Waals surface area contributed by atoms with Crippen LogP contribution < -0.4 is 0 Å². The molecule has 11 nitrogen and oxygen atoms in total. The Balaban J connectivity index is 1.24. The fourth-order valence-electron chi connectivity index (χ4n) is 6.50. The summed E-state index contributed by atoms with van der Waals surface area (Å²) in [6.45, 7) is 1.81. The van der Waals surface area contributed by atoms with E-state index in [0.29, 0.717) is 36.7 Å². The molecule has 1 aliphatic rings. The Morgan fingerprint density at radius 2 is 1.09 bits per heavy atom. The second-order valence-corrected chi connectivity index (χ2v) is 14.0. The Hall–Kier alpha value is -5.08. The molecule has 0 amide bonds. The second-order valence-electron chi connectivity index (χ2n) is 13.2. The van der Waals surface area contributed by atoms with Crippen LogP contribution in [-0.4, -0.2) is 50.9 Å². The Kier molecular flexibility index (Phi) is 13.2. The first-order chi connectivity index (χ1) is 27.0. The van der Waals surface area contributed by atoms with Crippen LogP contribution in [0.4, 0.5) is 5.69 Å². The van der Waals surface area contributed by atoms with Crippen LogP contribution in [0.3, 0.4) is 0 Å². The number of hydrogen-bond donors (Lipinski definition) is 0. The molecule has 282 valence electrons. The van der Waals surface area contributed by atoms with Gasteiger partial charge in [-0.05, 0) is 43.7 Å². The average Bonchev–Trinajstić information content (AvgIpc) is 3.59. The van der Waals surface area contributed by atoms with Crippen LogP contribution in [0, 0.1) is 10.1 Å². The van der Waals surface area contributed by atoms with E-state index in [1.54, 1.807) is 16.8 Å². The van der Waals surface area contributed by atoms with Gasteiger partial charge in [0.15, 0.2) is 0 Å². The van der Waals surface area contributed by atoms with Gasteiger partial charge in [-0.15, -0.1) is 5.10 Å². The lowest BCUT2D eigenvalue weighted by molar-refractivity contribution is -0.384. The normalized spacial score (nSPS) is 19.6. The third kappa shape index (κ3) is 10.2. The Labute approximate surface area is 328 Å². The van der Waals surface area contributed by atoms with Gasteiger partial charge in [0, 0.05) is 12.1 Å². The van der Waals surface area contributed by atoms with Crippen molar-refractivity contribution < 1.29 is 28.6 Å². The summed E-state index contributed by atoms with van der Waals surface area (Å²) in [6.07, 6.45) is -3.29. The molecule has 2 heterocycles. The van der Waals surface area contributed by atoms with Crippen molar-refractivity contribution in [2.24, 2.45) is 0 Å². The molecule has 7 rings (SSSR count). The summed E-state index contributed by atoms with van der Waals surface area (Å²) in [7, 11) is 0. The summed E-state index contributed by atoms with van der Waals surface area (Å²) in [5.74, 6) is 0. The number of nitro benzene ring substituents is 1. The molecule has 1 fully saturated rings. The van der Waals surface area contributed by atoms with Gasteiger partial charge in [0.25, 0.3) is 5.69 Å². The number of nitro groups is 1. The van der Waals surface area contributed by atoms with Crippen LogP contribution >= 0.6 is 15.9 Å². The predicted octanol–water partition coefficient (Wildman–Crippen LogP) is 8.41. The van der Waals surface area contributed by atoms with E-state index in [2.05, 4.69) is 26.2 Å². The van der Waals surface area contributed by atoms with Crippen molar-refractivity contribution in [2.75, 3.05) is 6.61 Å². The van der Waals surface area contributed by atoms with Gasteiger partial charge in [0.1, 0.15) is 40.8 Å². The molecule has 0 aliphatic carbocycles. The van der Waals surface area contributed by atoms with E-state index in [1.807, 2.05) is 121 Å². The summed E-state index contributed by atoms with van der Waals surface area (Å²) < 4.78 is 36.1. The number of non-ortho nitro benzene ring substituents is 1. The minimum Gasteiger partial charge on any atom is -0.374 e. The summed E-state index contributed by atoms with van der Waals surface area (Å²) in [6, 6.07) is 46.3. The fraction of sp³-hybridized carbons (Fsp3) is 0.256. The maximum Gasteiger partial charge on any atom is 0.269 e. The van der Waals surface area contributed by atoms with Crippen molar-refractivity contribution in [3.63, 3.8) is 0 Å². The number of nitrogens with zero attached hydrogens (tertiary/aromatic N) is 4. The van der Waals surface area contributed by atoms with E-state index in [4.69, 9.17) is 23.7 Å². The molecule has 0 N–H and O–H groups in total. The van der Waals surface area contributed by atoms with Crippen LogP contribution in [0.2, 0.25) is 0 Å². The predicted molar refractivity (Wildman–Crippen MR) is 209 cm³/mol. The number of hydrogen-bond acceptors (Lipinski definition) is 9. The maximum absolute atomic E-state index is 11.2. The van der Waals surface area contributed by atoms with Crippen LogP contribution in [0.15, 0.2) is 150 Å². The Bertz CT molecular complexity index is 2070. The second kappa shape index (κ2) is 19.0. The molecule has 0 saturated carbocycles. The van der Waals surface area contributed by atoms with Crippen molar-refractivity contribution in [1.29, 1.82) is 0 Å². The van der Waals surface area contributed by atoms with Crippen LogP contribution in [0.5, 0.6) is 0 Å². The van der Waals surface area contributed by atoms with Gasteiger partial charge >= 0.3 is 0 Å². The molecule has 55 heavy (non-hydrogen) atoms. The standard InChI is InChI=1S/C43H41BrN4O7/c44-43-38(45-46-47(43)25-31-21-23-36(24-22-31)48(49)50)40-42(54-29-35-19-11-4-12-20-35)41(53-28-34-17-9-3-10-18-34)39(52-27-33-15-7-2-8-16-33)37(55-40)30-51-26-32-13-5-1-6-14-32/h1-24,37,39-42H,25-30H2/t37?,39-,40+,41?,42?/m1/s1. The first-order valence-corrected chi connectivity index (χ1v) is 18.9. The highest BCUT2D eigenvalue weighted by molar-refractivity contribution is 9.10. The van der Waals surface area contributed by atoms with E-state index in [9.17, 15) is 10.1 Å². The van der Waals surface area contributed by atoms with E-state index in [1.165, 1.54) is 12.1 Å². The molecule has 0 spiro atoms. The molecule has 0 bridgehead atoms. The molecule has 12 heteroatoms. The number of ether oxygens (including phenoxy) is 5. The molecule has 0 radical (unpaired) electrons. The van der Waals surface area contributed by atoms with Crippen molar-refractivity contribution >= 4 is 21.6 Å². The minimum atomic E-state index is -0.758. The Morgan fingerprint density at radius 1 is 0.618 bits per heavy atom. The smallest absolute Gasteiger partial charge is 0.269 e. The zero-order valence-corrected chi connectivity index (χ0v) is 31.6. The van der Waals surface area contributed by atoms with Crippen molar-refractivity contribution in [3.05, 3.63) is 194 Å². The lowest BCUT2D eigenvalue weighted by atomic mass is 9.92. The lowest BCUT2D eigenvalue weighted by Gasteiger charge is -2.45. The third-order valence-electron chi connectivity index (χ3n) is 9.33. The third-order valence-corrected chi connectivity index (χ3v) is 10.1. The summed E-state index contributed by atoms with van der Waals surface area (Å²) >= 11 is 3.77. The first-order valence-electron chi connectivity index (χ1n) is 18.1. The highest BCUT2D eigenvalue weighted by atomic mass is 79.9. The number of rotatable bonds is 17. The van der Waals surface area contributed by atoms with Gasteiger partial charge in [0.05, 0.1) is 44.5 Å². The highest BCUT2D eigenvalue weighted by Crippen LogP contribution is 2.40. The van der Waals surface area contributed by atoms with Crippen LogP contribution in [0.1, 0.15) is 39.6 Å². The highest BCUT2D eigenvalue weighted by Gasteiger charge is 2.50. The van der Waals surface area contributed by atoms with Gasteiger partial charge in [-0.1, -0.05) is 139 Å². The topological polar surface area (TPSA) is 120 Å². The largest absolute Gasteiger partial charge is 0.374 e. The molecule has 5 atom stereocenters. The average molecular weight is 806 g/mol. The molecule has 6 aromatic rings. The summed E-state index contributed by atoms with van der Waals surface area (Å²) in [4.78, 5) is 10.8. The van der Waals surface area contributed by atoms with Crippen molar-refractivity contribution in [3.8, 4) is 0 Å². The van der Waals surface area contributed by atoms with Gasteiger partial charge in [-0.25, -0.2) is 4.68 Å². The maximum atomic E-state index is 11.2. The molecular formula is C43H41BrN4O7. The number of aromatic nitrogens is 3.